The van der Waals surface area contributed by atoms with Crippen LogP contribution in [0.15, 0.2) is 34.8 Å². The highest BCUT2D eigenvalue weighted by atomic mass is 32.2. The average molecular weight is 248 g/mol. The van der Waals surface area contributed by atoms with Crippen molar-refractivity contribution in [3.8, 4) is 0 Å². The smallest absolute Gasteiger partial charge is 0.270 e. The standard InChI is InChI=1S/C12H12N2O2S/c1-17-12-10(5-6-13-12)7-9-3-2-4-11(8-9)14(15)16/h2-4,7-8H,5-6H2,1H3/b10-7-. The highest BCUT2D eigenvalue weighted by molar-refractivity contribution is 8.13. The van der Waals surface area contributed by atoms with Crippen molar-refractivity contribution in [3.63, 3.8) is 0 Å². The molecule has 0 fully saturated rings. The Hall–Kier alpha value is -1.62. The van der Waals surface area contributed by atoms with Crippen LogP contribution in [-0.4, -0.2) is 22.8 Å². The van der Waals surface area contributed by atoms with Crippen LogP contribution in [-0.2, 0) is 0 Å². The lowest BCUT2D eigenvalue weighted by Gasteiger charge is -2.00. The van der Waals surface area contributed by atoms with Crippen LogP contribution in [0.2, 0.25) is 0 Å². The van der Waals surface area contributed by atoms with Crippen LogP contribution in [0.4, 0.5) is 5.69 Å². The van der Waals surface area contributed by atoms with E-state index in [4.69, 9.17) is 0 Å². The Bertz CT molecular complexity index is 509. The van der Waals surface area contributed by atoms with Gasteiger partial charge in [-0.2, -0.15) is 0 Å². The molecule has 1 heterocycles. The second kappa shape index (κ2) is 5.14. The number of hydrogen-bond acceptors (Lipinski definition) is 4. The fraction of sp³-hybridized carbons (Fsp3) is 0.250. The molecule has 0 amide bonds. The van der Waals surface area contributed by atoms with Gasteiger partial charge >= 0.3 is 0 Å². The van der Waals surface area contributed by atoms with Gasteiger partial charge < -0.3 is 0 Å². The zero-order valence-electron chi connectivity index (χ0n) is 9.42. The minimum Gasteiger partial charge on any atom is -0.278 e. The highest BCUT2D eigenvalue weighted by Crippen LogP contribution is 2.24. The third-order valence-electron chi connectivity index (χ3n) is 2.53. The molecule has 2 rings (SSSR count). The van der Waals surface area contributed by atoms with Crippen molar-refractivity contribution >= 4 is 28.6 Å². The van der Waals surface area contributed by atoms with Crippen LogP contribution in [0.5, 0.6) is 0 Å². The lowest BCUT2D eigenvalue weighted by Crippen LogP contribution is -1.91. The van der Waals surface area contributed by atoms with Crippen molar-refractivity contribution in [2.45, 2.75) is 6.42 Å². The molecule has 4 nitrogen and oxygen atoms in total. The topological polar surface area (TPSA) is 55.5 Å². The Kier molecular flexibility index (Phi) is 3.58. The number of benzene rings is 1. The Balaban J connectivity index is 2.30. The summed E-state index contributed by atoms with van der Waals surface area (Å²) in [5, 5.41) is 11.7. The van der Waals surface area contributed by atoms with Gasteiger partial charge in [0.15, 0.2) is 0 Å². The normalized spacial score (nSPS) is 17.2. The van der Waals surface area contributed by atoms with Crippen LogP contribution < -0.4 is 0 Å². The highest BCUT2D eigenvalue weighted by Gasteiger charge is 2.12. The molecule has 0 saturated heterocycles. The summed E-state index contributed by atoms with van der Waals surface area (Å²) in [6.07, 6.45) is 4.89. The van der Waals surface area contributed by atoms with E-state index >= 15 is 0 Å². The summed E-state index contributed by atoms with van der Waals surface area (Å²) in [7, 11) is 0. The molecule has 0 spiro atoms. The third-order valence-corrected chi connectivity index (χ3v) is 3.30. The molecular formula is C12H12N2O2S. The Morgan fingerprint density at radius 1 is 1.53 bits per heavy atom. The van der Waals surface area contributed by atoms with Gasteiger partial charge in [0.25, 0.3) is 5.69 Å². The molecule has 1 aliphatic rings. The van der Waals surface area contributed by atoms with E-state index in [9.17, 15) is 10.1 Å². The lowest BCUT2D eigenvalue weighted by atomic mass is 10.1. The first-order chi connectivity index (χ1) is 8.20. The summed E-state index contributed by atoms with van der Waals surface area (Å²) in [5.41, 5.74) is 2.15. The molecule has 17 heavy (non-hydrogen) atoms. The average Bonchev–Trinajstić information content (AvgIpc) is 2.76. The lowest BCUT2D eigenvalue weighted by molar-refractivity contribution is -0.384. The summed E-state index contributed by atoms with van der Waals surface area (Å²) >= 11 is 1.62. The summed E-state index contributed by atoms with van der Waals surface area (Å²) in [6.45, 7) is 0.816. The number of nitro groups is 1. The summed E-state index contributed by atoms with van der Waals surface area (Å²) in [5.74, 6) is 0. The quantitative estimate of drug-likeness (QED) is 0.596. The number of aliphatic imine (C=N–C) groups is 1. The molecular weight excluding hydrogens is 236 g/mol. The third kappa shape index (κ3) is 2.74. The predicted molar refractivity (Wildman–Crippen MR) is 71.5 cm³/mol. The van der Waals surface area contributed by atoms with Gasteiger partial charge in [0.2, 0.25) is 0 Å². The minimum absolute atomic E-state index is 0.125. The molecule has 1 aliphatic heterocycles. The van der Waals surface area contributed by atoms with Crippen LogP contribution >= 0.6 is 11.8 Å². The van der Waals surface area contributed by atoms with Gasteiger partial charge in [-0.1, -0.05) is 12.1 Å². The largest absolute Gasteiger partial charge is 0.278 e. The van der Waals surface area contributed by atoms with Gasteiger partial charge in [0.05, 0.1) is 9.97 Å². The Morgan fingerprint density at radius 3 is 3.06 bits per heavy atom. The fourth-order valence-electron chi connectivity index (χ4n) is 1.75. The second-order valence-corrected chi connectivity index (χ2v) is 4.46. The van der Waals surface area contributed by atoms with Crippen LogP contribution in [0, 0.1) is 10.1 Å². The van der Waals surface area contributed by atoms with Crippen molar-refractivity contribution in [1.82, 2.24) is 0 Å². The van der Waals surface area contributed by atoms with Crippen molar-refractivity contribution < 1.29 is 4.92 Å². The summed E-state index contributed by atoms with van der Waals surface area (Å²) in [6, 6.07) is 6.66. The SMILES string of the molecule is CSC1=NCC/C1=C/c1cccc([N+](=O)[O-])c1. The van der Waals surface area contributed by atoms with Gasteiger partial charge in [-0.05, 0) is 29.9 Å². The van der Waals surface area contributed by atoms with Gasteiger partial charge in [-0.25, -0.2) is 0 Å². The number of nitrogens with zero attached hydrogens (tertiary/aromatic N) is 2. The van der Waals surface area contributed by atoms with E-state index in [1.54, 1.807) is 23.9 Å². The van der Waals surface area contributed by atoms with Crippen molar-refractivity contribution in [2.75, 3.05) is 12.8 Å². The van der Waals surface area contributed by atoms with E-state index in [0.717, 1.165) is 29.1 Å². The number of nitro benzene ring substituents is 1. The van der Waals surface area contributed by atoms with Gasteiger partial charge in [0.1, 0.15) is 0 Å². The molecule has 1 aromatic carbocycles. The number of hydrogen-bond donors (Lipinski definition) is 0. The molecule has 0 atom stereocenters. The number of rotatable bonds is 2. The Morgan fingerprint density at radius 2 is 2.35 bits per heavy atom. The van der Waals surface area contributed by atoms with Gasteiger partial charge in [0, 0.05) is 18.7 Å². The van der Waals surface area contributed by atoms with E-state index in [1.807, 2.05) is 18.4 Å². The molecule has 0 unspecified atom stereocenters. The first-order valence-electron chi connectivity index (χ1n) is 5.24. The second-order valence-electron chi connectivity index (χ2n) is 3.66. The number of non-ortho nitro benzene ring substituents is 1. The monoisotopic (exact) mass is 248 g/mol. The minimum atomic E-state index is -0.375. The predicted octanol–water partition coefficient (Wildman–Crippen LogP) is 3.14. The maximum Gasteiger partial charge on any atom is 0.270 e. The van der Waals surface area contributed by atoms with Crippen molar-refractivity contribution in [3.05, 3.63) is 45.5 Å². The van der Waals surface area contributed by atoms with Crippen molar-refractivity contribution in [1.29, 1.82) is 0 Å². The Labute approximate surface area is 104 Å². The van der Waals surface area contributed by atoms with E-state index in [0.29, 0.717) is 0 Å². The maximum atomic E-state index is 10.7. The summed E-state index contributed by atoms with van der Waals surface area (Å²) < 4.78 is 0. The van der Waals surface area contributed by atoms with Gasteiger partial charge in [-0.15, -0.1) is 11.8 Å². The van der Waals surface area contributed by atoms with E-state index in [1.165, 1.54) is 6.07 Å². The molecule has 0 aromatic heterocycles. The first kappa shape index (κ1) is 11.9. The summed E-state index contributed by atoms with van der Waals surface area (Å²) in [4.78, 5) is 14.7. The molecule has 1 aromatic rings. The molecule has 5 heteroatoms. The maximum absolute atomic E-state index is 10.7. The fourth-order valence-corrected chi connectivity index (χ4v) is 2.39. The van der Waals surface area contributed by atoms with E-state index in [-0.39, 0.29) is 10.6 Å². The number of thioether (sulfide) groups is 1. The molecule has 0 aliphatic carbocycles. The first-order valence-corrected chi connectivity index (χ1v) is 6.47. The van der Waals surface area contributed by atoms with Gasteiger partial charge in [-0.3, -0.25) is 15.1 Å². The molecule has 88 valence electrons. The molecule has 0 bridgehead atoms. The molecule has 0 saturated carbocycles. The van der Waals surface area contributed by atoms with E-state index < -0.39 is 0 Å². The molecule has 0 radical (unpaired) electrons. The molecule has 0 N–H and O–H groups in total. The zero-order chi connectivity index (χ0) is 12.3. The zero-order valence-corrected chi connectivity index (χ0v) is 10.2. The van der Waals surface area contributed by atoms with E-state index in [2.05, 4.69) is 4.99 Å². The van der Waals surface area contributed by atoms with Crippen LogP contribution in [0.25, 0.3) is 6.08 Å². The van der Waals surface area contributed by atoms with Crippen LogP contribution in [0.1, 0.15) is 12.0 Å². The van der Waals surface area contributed by atoms with Crippen molar-refractivity contribution in [2.24, 2.45) is 4.99 Å². The van der Waals surface area contributed by atoms with Crippen LogP contribution in [0.3, 0.4) is 0 Å².